The Balaban J connectivity index is 2.03. The third kappa shape index (κ3) is 3.20. The SMILES string of the molecule is CC1CCCN(S(=O)(=O)C2CCCNC2)CC1. The second-order valence-electron chi connectivity index (χ2n) is 5.45. The van der Waals surface area contributed by atoms with Crippen LogP contribution in [0.25, 0.3) is 0 Å². The zero-order valence-electron chi connectivity index (χ0n) is 10.7. The van der Waals surface area contributed by atoms with Crippen LogP contribution in [-0.2, 0) is 10.0 Å². The van der Waals surface area contributed by atoms with E-state index in [1.165, 1.54) is 0 Å². The highest BCUT2D eigenvalue weighted by Gasteiger charge is 2.33. The Morgan fingerprint density at radius 1 is 1.12 bits per heavy atom. The number of nitrogens with zero attached hydrogens (tertiary/aromatic N) is 1. The third-order valence-electron chi connectivity index (χ3n) is 4.01. The number of piperidine rings is 1. The summed E-state index contributed by atoms with van der Waals surface area (Å²) in [7, 11) is -3.06. The maximum absolute atomic E-state index is 12.5. The Morgan fingerprint density at radius 2 is 1.94 bits per heavy atom. The molecule has 0 aliphatic carbocycles. The van der Waals surface area contributed by atoms with Gasteiger partial charge in [-0.3, -0.25) is 0 Å². The molecular formula is C12H24N2O2S. The molecule has 100 valence electrons. The molecule has 2 fully saturated rings. The molecule has 0 spiro atoms. The molecule has 0 aromatic carbocycles. The molecule has 2 rings (SSSR count). The lowest BCUT2D eigenvalue weighted by Crippen LogP contribution is -2.46. The van der Waals surface area contributed by atoms with E-state index in [1.54, 1.807) is 4.31 Å². The first-order valence-corrected chi connectivity index (χ1v) is 8.30. The van der Waals surface area contributed by atoms with Crippen molar-refractivity contribution in [3.63, 3.8) is 0 Å². The van der Waals surface area contributed by atoms with Crippen LogP contribution >= 0.6 is 0 Å². The summed E-state index contributed by atoms with van der Waals surface area (Å²) in [6.07, 6.45) is 4.99. The van der Waals surface area contributed by atoms with E-state index in [9.17, 15) is 8.42 Å². The lowest BCUT2D eigenvalue weighted by atomic mass is 10.0. The summed E-state index contributed by atoms with van der Waals surface area (Å²) >= 11 is 0. The van der Waals surface area contributed by atoms with Gasteiger partial charge in [0.05, 0.1) is 5.25 Å². The molecule has 0 radical (unpaired) electrons. The average molecular weight is 260 g/mol. The van der Waals surface area contributed by atoms with Crippen molar-refractivity contribution in [1.82, 2.24) is 9.62 Å². The van der Waals surface area contributed by atoms with Crippen molar-refractivity contribution in [3.8, 4) is 0 Å². The van der Waals surface area contributed by atoms with Gasteiger partial charge in [-0.05, 0) is 44.6 Å². The Kier molecular flexibility index (Phi) is 4.44. The van der Waals surface area contributed by atoms with Crippen molar-refractivity contribution < 1.29 is 8.42 Å². The monoisotopic (exact) mass is 260 g/mol. The maximum Gasteiger partial charge on any atom is 0.218 e. The van der Waals surface area contributed by atoms with E-state index < -0.39 is 10.0 Å². The quantitative estimate of drug-likeness (QED) is 0.811. The van der Waals surface area contributed by atoms with E-state index in [0.29, 0.717) is 12.5 Å². The van der Waals surface area contributed by atoms with Crippen LogP contribution < -0.4 is 5.32 Å². The predicted molar refractivity (Wildman–Crippen MR) is 69.4 cm³/mol. The zero-order chi connectivity index (χ0) is 12.3. The summed E-state index contributed by atoms with van der Waals surface area (Å²) in [6, 6.07) is 0. The van der Waals surface area contributed by atoms with Crippen LogP contribution in [0.2, 0.25) is 0 Å². The number of rotatable bonds is 2. The van der Waals surface area contributed by atoms with Gasteiger partial charge in [-0.2, -0.15) is 0 Å². The predicted octanol–water partition coefficient (Wildman–Crippen LogP) is 1.19. The Labute approximate surface area is 105 Å². The van der Waals surface area contributed by atoms with Crippen LogP contribution in [0.5, 0.6) is 0 Å². The van der Waals surface area contributed by atoms with Crippen molar-refractivity contribution in [3.05, 3.63) is 0 Å². The molecular weight excluding hydrogens is 236 g/mol. The molecule has 2 saturated heterocycles. The molecule has 2 aliphatic heterocycles. The van der Waals surface area contributed by atoms with Crippen molar-refractivity contribution in [2.45, 2.75) is 44.3 Å². The highest BCUT2D eigenvalue weighted by Crippen LogP contribution is 2.22. The first-order valence-electron chi connectivity index (χ1n) is 6.80. The van der Waals surface area contributed by atoms with Gasteiger partial charge in [-0.15, -0.1) is 0 Å². The van der Waals surface area contributed by atoms with Gasteiger partial charge in [0.15, 0.2) is 0 Å². The molecule has 0 aromatic heterocycles. The molecule has 4 nitrogen and oxygen atoms in total. The fourth-order valence-corrected chi connectivity index (χ4v) is 4.73. The first kappa shape index (κ1) is 13.3. The molecule has 0 saturated carbocycles. The van der Waals surface area contributed by atoms with Gasteiger partial charge >= 0.3 is 0 Å². The summed E-state index contributed by atoms with van der Waals surface area (Å²) in [5.74, 6) is 0.666. The van der Waals surface area contributed by atoms with Crippen LogP contribution in [0.1, 0.15) is 39.0 Å². The Bertz CT molecular complexity index is 336. The molecule has 2 aliphatic rings. The minimum Gasteiger partial charge on any atom is -0.315 e. The lowest BCUT2D eigenvalue weighted by molar-refractivity contribution is 0.395. The minimum absolute atomic E-state index is 0.190. The summed E-state index contributed by atoms with van der Waals surface area (Å²) in [5.41, 5.74) is 0. The molecule has 5 heteroatoms. The normalized spacial score (nSPS) is 33.2. The molecule has 2 unspecified atom stereocenters. The standard InChI is InChI=1S/C12H24N2O2S/c1-11-4-3-8-14(9-6-11)17(15,16)12-5-2-7-13-10-12/h11-13H,2-10H2,1H3. The summed E-state index contributed by atoms with van der Waals surface area (Å²) in [4.78, 5) is 0. The zero-order valence-corrected chi connectivity index (χ0v) is 11.5. The molecule has 1 N–H and O–H groups in total. The van der Waals surface area contributed by atoms with Gasteiger partial charge in [-0.25, -0.2) is 12.7 Å². The van der Waals surface area contributed by atoms with Crippen molar-refractivity contribution in [1.29, 1.82) is 0 Å². The molecule has 17 heavy (non-hydrogen) atoms. The van der Waals surface area contributed by atoms with Crippen molar-refractivity contribution in [2.75, 3.05) is 26.2 Å². The molecule has 2 atom stereocenters. The smallest absolute Gasteiger partial charge is 0.218 e. The summed E-state index contributed by atoms with van der Waals surface area (Å²) in [6.45, 7) is 5.26. The van der Waals surface area contributed by atoms with Crippen LogP contribution in [-0.4, -0.2) is 44.2 Å². The number of hydrogen-bond donors (Lipinski definition) is 1. The maximum atomic E-state index is 12.5. The van der Waals surface area contributed by atoms with Crippen LogP contribution in [0.3, 0.4) is 0 Å². The van der Waals surface area contributed by atoms with E-state index in [2.05, 4.69) is 12.2 Å². The Hall–Kier alpha value is -0.130. The van der Waals surface area contributed by atoms with Gasteiger partial charge in [0.25, 0.3) is 0 Å². The molecule has 2 heterocycles. The van der Waals surface area contributed by atoms with Gasteiger partial charge in [-0.1, -0.05) is 6.92 Å². The largest absolute Gasteiger partial charge is 0.315 e. The van der Waals surface area contributed by atoms with E-state index >= 15 is 0 Å². The molecule has 0 bridgehead atoms. The summed E-state index contributed by atoms with van der Waals surface area (Å²) in [5, 5.41) is 3.01. The highest BCUT2D eigenvalue weighted by molar-refractivity contribution is 7.89. The topological polar surface area (TPSA) is 49.4 Å². The Morgan fingerprint density at radius 3 is 2.65 bits per heavy atom. The van der Waals surface area contributed by atoms with E-state index in [4.69, 9.17) is 0 Å². The summed E-state index contributed by atoms with van der Waals surface area (Å²) < 4.78 is 26.7. The van der Waals surface area contributed by atoms with Gasteiger partial charge < -0.3 is 5.32 Å². The molecule has 0 amide bonds. The second-order valence-corrected chi connectivity index (χ2v) is 7.66. The van der Waals surface area contributed by atoms with Crippen LogP contribution in [0.15, 0.2) is 0 Å². The van der Waals surface area contributed by atoms with Gasteiger partial charge in [0, 0.05) is 19.6 Å². The average Bonchev–Trinajstić information content (AvgIpc) is 2.55. The highest BCUT2D eigenvalue weighted by atomic mass is 32.2. The fraction of sp³-hybridized carbons (Fsp3) is 1.00. The second kappa shape index (κ2) is 5.67. The number of hydrogen-bond acceptors (Lipinski definition) is 3. The number of nitrogens with one attached hydrogen (secondary N) is 1. The van der Waals surface area contributed by atoms with Crippen LogP contribution in [0, 0.1) is 5.92 Å². The number of sulfonamides is 1. The molecule has 0 aromatic rings. The van der Waals surface area contributed by atoms with Crippen molar-refractivity contribution in [2.24, 2.45) is 5.92 Å². The van der Waals surface area contributed by atoms with E-state index in [-0.39, 0.29) is 5.25 Å². The van der Waals surface area contributed by atoms with Crippen molar-refractivity contribution >= 4 is 10.0 Å². The first-order chi connectivity index (χ1) is 8.10. The van der Waals surface area contributed by atoms with Gasteiger partial charge in [0.1, 0.15) is 0 Å². The lowest BCUT2D eigenvalue weighted by Gasteiger charge is -2.29. The fourth-order valence-electron chi connectivity index (χ4n) is 2.78. The minimum atomic E-state index is -3.06. The third-order valence-corrected chi connectivity index (χ3v) is 6.34. The van der Waals surface area contributed by atoms with Gasteiger partial charge in [0.2, 0.25) is 10.0 Å². The van der Waals surface area contributed by atoms with E-state index in [1.807, 2.05) is 0 Å². The van der Waals surface area contributed by atoms with E-state index in [0.717, 1.165) is 51.7 Å². The van der Waals surface area contributed by atoms with Crippen LogP contribution in [0.4, 0.5) is 0 Å².